The van der Waals surface area contributed by atoms with Crippen molar-refractivity contribution in [1.29, 1.82) is 0 Å². The van der Waals surface area contributed by atoms with Crippen molar-refractivity contribution < 1.29 is 0 Å². The van der Waals surface area contributed by atoms with Gasteiger partial charge in [-0.2, -0.15) is 0 Å². The summed E-state index contributed by atoms with van der Waals surface area (Å²) in [6.07, 6.45) is 4.89. The molecule has 106 valence electrons. The van der Waals surface area contributed by atoms with Gasteiger partial charge in [0.2, 0.25) is 0 Å². The van der Waals surface area contributed by atoms with Gasteiger partial charge >= 0.3 is 0 Å². The Morgan fingerprint density at radius 1 is 1.40 bits per heavy atom. The second-order valence-electron chi connectivity index (χ2n) is 5.87. The highest BCUT2D eigenvalue weighted by Gasteiger charge is 2.31. The van der Waals surface area contributed by atoms with E-state index >= 15 is 0 Å². The fraction of sp³-hybridized carbons (Fsp3) is 0.571. The molecule has 0 saturated heterocycles. The molecule has 3 rings (SSSR count). The van der Waals surface area contributed by atoms with Crippen LogP contribution in [0.4, 0.5) is 5.82 Å². The van der Waals surface area contributed by atoms with E-state index in [2.05, 4.69) is 40.7 Å². The fourth-order valence-corrected chi connectivity index (χ4v) is 3.09. The number of nitrogen functional groups attached to an aromatic ring is 1. The molecule has 2 aromatic heterocycles. The van der Waals surface area contributed by atoms with Crippen molar-refractivity contribution in [3.63, 3.8) is 0 Å². The maximum Gasteiger partial charge on any atom is 0.184 e. The smallest absolute Gasteiger partial charge is 0.184 e. The van der Waals surface area contributed by atoms with Crippen molar-refractivity contribution in [2.45, 2.75) is 39.2 Å². The third kappa shape index (κ3) is 2.05. The predicted molar refractivity (Wildman–Crippen MR) is 77.9 cm³/mol. The summed E-state index contributed by atoms with van der Waals surface area (Å²) < 4.78 is 1.92. The molecule has 2 aromatic rings. The second-order valence-corrected chi connectivity index (χ2v) is 5.87. The van der Waals surface area contributed by atoms with Crippen LogP contribution in [-0.2, 0) is 0 Å². The fourth-order valence-electron chi connectivity index (χ4n) is 3.09. The van der Waals surface area contributed by atoms with Crippen molar-refractivity contribution in [2.24, 2.45) is 11.8 Å². The highest BCUT2D eigenvalue weighted by atomic mass is 15.5. The number of hydrogen-bond acceptors (Lipinski definition) is 5. The number of rotatable bonds is 2. The molecular weight excluding hydrogens is 252 g/mol. The predicted octanol–water partition coefficient (Wildman–Crippen LogP) is 2.36. The van der Waals surface area contributed by atoms with Crippen LogP contribution in [0.5, 0.6) is 0 Å². The number of nitrogens with two attached hydrogens (primary N) is 1. The maximum atomic E-state index is 5.83. The number of hydrogen-bond donors (Lipinski definition) is 1. The Morgan fingerprint density at radius 3 is 2.95 bits per heavy atom. The topological polar surface area (TPSA) is 82.5 Å². The normalized spacial score (nSPS) is 26.8. The Balaban J connectivity index is 2.00. The lowest BCUT2D eigenvalue weighted by atomic mass is 9.76. The lowest BCUT2D eigenvalue weighted by Gasteiger charge is -2.34. The highest BCUT2D eigenvalue weighted by Crippen LogP contribution is 2.40. The van der Waals surface area contributed by atoms with Gasteiger partial charge in [0.15, 0.2) is 17.0 Å². The van der Waals surface area contributed by atoms with Gasteiger partial charge in [-0.3, -0.25) is 0 Å². The quantitative estimate of drug-likeness (QED) is 0.848. The second kappa shape index (κ2) is 4.85. The molecule has 0 amide bonds. The van der Waals surface area contributed by atoms with Gasteiger partial charge in [0.25, 0.3) is 0 Å². The molecule has 2 N–H and O–H groups in total. The number of anilines is 1. The lowest BCUT2D eigenvalue weighted by Crippen LogP contribution is -2.27. The van der Waals surface area contributed by atoms with Gasteiger partial charge in [-0.05, 0) is 38.0 Å². The van der Waals surface area contributed by atoms with Gasteiger partial charge in [-0.1, -0.05) is 24.3 Å². The molecule has 1 fully saturated rings. The monoisotopic (exact) mass is 272 g/mol. The first kappa shape index (κ1) is 13.0. The minimum absolute atomic E-state index is 0.296. The Hall–Kier alpha value is -1.98. The lowest BCUT2D eigenvalue weighted by molar-refractivity contribution is 0.203. The molecule has 1 aliphatic carbocycles. The Morgan fingerprint density at radius 2 is 2.20 bits per heavy atom. The molecule has 0 bridgehead atoms. The van der Waals surface area contributed by atoms with Crippen LogP contribution in [0.25, 0.3) is 11.2 Å². The summed E-state index contributed by atoms with van der Waals surface area (Å²) >= 11 is 0. The number of nitrogens with zero attached hydrogens (tertiary/aromatic N) is 5. The zero-order chi connectivity index (χ0) is 14.3. The average molecular weight is 272 g/mol. The van der Waals surface area contributed by atoms with Gasteiger partial charge in [0.1, 0.15) is 6.33 Å². The zero-order valence-electron chi connectivity index (χ0n) is 12.0. The molecule has 0 aliphatic heterocycles. The SMILES string of the molecule is C=C(C)[C@H]1CC[C@H](C)[C@H](n2nnc3c(N)ncnc32)C1. The molecule has 3 atom stereocenters. The van der Waals surface area contributed by atoms with Crippen molar-refractivity contribution in [3.05, 3.63) is 18.5 Å². The Bertz CT molecular complexity index is 646. The summed E-state index contributed by atoms with van der Waals surface area (Å²) in [5.41, 5.74) is 8.41. The molecular formula is C14H20N6. The number of aromatic nitrogens is 5. The summed E-state index contributed by atoms with van der Waals surface area (Å²) in [5, 5.41) is 8.42. The summed E-state index contributed by atoms with van der Waals surface area (Å²) in [4.78, 5) is 8.27. The summed E-state index contributed by atoms with van der Waals surface area (Å²) in [5.74, 6) is 1.49. The summed E-state index contributed by atoms with van der Waals surface area (Å²) in [6.45, 7) is 8.47. The molecule has 0 unspecified atom stereocenters. The standard InChI is InChI=1S/C14H20N6/c1-8(2)10-5-4-9(3)11(6-10)20-14-12(18-19-20)13(15)16-7-17-14/h7,9-11H,1,4-6H2,2-3H3,(H2,15,16,17)/t9-,10-,11+/m0/s1. The number of fused-ring (bicyclic) bond motifs is 1. The number of allylic oxidation sites excluding steroid dienone is 1. The molecule has 6 nitrogen and oxygen atoms in total. The van der Waals surface area contributed by atoms with Crippen molar-refractivity contribution in [1.82, 2.24) is 25.0 Å². The highest BCUT2D eigenvalue weighted by molar-refractivity contribution is 5.80. The van der Waals surface area contributed by atoms with Crippen molar-refractivity contribution >= 4 is 17.0 Å². The van der Waals surface area contributed by atoms with E-state index in [1.165, 1.54) is 24.7 Å². The van der Waals surface area contributed by atoms with E-state index in [-0.39, 0.29) is 0 Å². The van der Waals surface area contributed by atoms with Crippen LogP contribution in [0.15, 0.2) is 18.5 Å². The van der Waals surface area contributed by atoms with Crippen LogP contribution in [0.1, 0.15) is 39.2 Å². The first-order valence-corrected chi connectivity index (χ1v) is 7.04. The van der Waals surface area contributed by atoms with Crippen molar-refractivity contribution in [2.75, 3.05) is 5.73 Å². The minimum Gasteiger partial charge on any atom is -0.382 e. The molecule has 6 heteroatoms. The Kier molecular flexibility index (Phi) is 3.16. The molecule has 0 spiro atoms. The zero-order valence-corrected chi connectivity index (χ0v) is 12.0. The Labute approximate surface area is 118 Å². The van der Waals surface area contributed by atoms with E-state index in [0.29, 0.717) is 29.2 Å². The van der Waals surface area contributed by atoms with Crippen LogP contribution in [0.2, 0.25) is 0 Å². The first-order chi connectivity index (χ1) is 9.58. The van der Waals surface area contributed by atoms with Crippen LogP contribution in [0, 0.1) is 11.8 Å². The third-order valence-corrected chi connectivity index (χ3v) is 4.45. The molecule has 1 saturated carbocycles. The van der Waals surface area contributed by atoms with Gasteiger partial charge < -0.3 is 5.73 Å². The van der Waals surface area contributed by atoms with Crippen molar-refractivity contribution in [3.8, 4) is 0 Å². The average Bonchev–Trinajstić information content (AvgIpc) is 2.84. The molecule has 0 radical (unpaired) electrons. The molecule has 1 aliphatic rings. The van der Waals surface area contributed by atoms with Gasteiger partial charge in [0.05, 0.1) is 6.04 Å². The van der Waals surface area contributed by atoms with E-state index in [1.807, 2.05) is 4.68 Å². The van der Waals surface area contributed by atoms with E-state index in [1.54, 1.807) is 0 Å². The van der Waals surface area contributed by atoms with Crippen LogP contribution in [-0.4, -0.2) is 25.0 Å². The van der Waals surface area contributed by atoms with Gasteiger partial charge in [-0.25, -0.2) is 14.6 Å². The third-order valence-electron chi connectivity index (χ3n) is 4.45. The van der Waals surface area contributed by atoms with E-state index < -0.39 is 0 Å². The van der Waals surface area contributed by atoms with E-state index in [0.717, 1.165) is 12.1 Å². The van der Waals surface area contributed by atoms with E-state index in [4.69, 9.17) is 5.73 Å². The van der Waals surface area contributed by atoms with Gasteiger partial charge in [-0.15, -0.1) is 5.10 Å². The largest absolute Gasteiger partial charge is 0.382 e. The first-order valence-electron chi connectivity index (χ1n) is 7.04. The minimum atomic E-state index is 0.296. The van der Waals surface area contributed by atoms with E-state index in [9.17, 15) is 0 Å². The maximum absolute atomic E-state index is 5.83. The summed E-state index contributed by atoms with van der Waals surface area (Å²) in [7, 11) is 0. The van der Waals surface area contributed by atoms with Crippen LogP contribution >= 0.6 is 0 Å². The summed E-state index contributed by atoms with van der Waals surface area (Å²) in [6, 6.07) is 0.296. The molecule has 2 heterocycles. The van der Waals surface area contributed by atoms with Crippen LogP contribution in [0.3, 0.4) is 0 Å². The molecule has 20 heavy (non-hydrogen) atoms. The van der Waals surface area contributed by atoms with Gasteiger partial charge in [0, 0.05) is 0 Å². The van der Waals surface area contributed by atoms with Crippen LogP contribution < -0.4 is 5.73 Å². The molecule has 0 aromatic carbocycles.